The predicted molar refractivity (Wildman–Crippen MR) is 99.0 cm³/mol. The predicted octanol–water partition coefficient (Wildman–Crippen LogP) is 3.78. The Morgan fingerprint density at radius 2 is 1.33 bits per heavy atom. The molecule has 5 heteroatoms. The Labute approximate surface area is 144 Å². The van der Waals surface area contributed by atoms with E-state index in [1.807, 2.05) is 13.8 Å². The highest BCUT2D eigenvalue weighted by molar-refractivity contribution is 7.66. The topological polar surface area (TPSA) is 44.8 Å². The van der Waals surface area contributed by atoms with Crippen LogP contribution in [0.4, 0.5) is 0 Å². The van der Waals surface area contributed by atoms with E-state index >= 15 is 0 Å². The second kappa shape index (κ2) is 7.67. The van der Waals surface area contributed by atoms with Gasteiger partial charge in [-0.15, -0.1) is 0 Å². The van der Waals surface area contributed by atoms with Crippen molar-refractivity contribution in [2.24, 2.45) is 0 Å². The van der Waals surface area contributed by atoms with Crippen molar-refractivity contribution in [1.29, 1.82) is 0 Å². The molecule has 128 valence electrons. The van der Waals surface area contributed by atoms with E-state index in [9.17, 15) is 4.79 Å². The summed E-state index contributed by atoms with van der Waals surface area (Å²) in [4.78, 5) is 13.0. The van der Waals surface area contributed by atoms with Crippen LogP contribution in [-0.2, 0) is 0 Å². The molecule has 0 radical (unpaired) electrons. The fraction of sp³-hybridized carbons (Fsp3) is 0.316. The summed E-state index contributed by atoms with van der Waals surface area (Å²) in [6, 6.07) is 7.61. The van der Waals surface area contributed by atoms with Crippen LogP contribution in [0.15, 0.2) is 24.3 Å². The molecule has 4 nitrogen and oxygen atoms in total. The average molecular weight is 346 g/mol. The molecule has 0 saturated carbocycles. The van der Waals surface area contributed by atoms with E-state index in [1.165, 1.54) is 19.8 Å². The Bertz CT molecular complexity index is 720. The molecule has 0 N–H and O–H groups in total. The van der Waals surface area contributed by atoms with Gasteiger partial charge in [0, 0.05) is 12.1 Å². The highest BCUT2D eigenvalue weighted by atomic mass is 31.1. The Balaban J connectivity index is 2.47. The minimum atomic E-state index is -0.0126. The molecule has 1 unspecified atom stereocenters. The van der Waals surface area contributed by atoms with Crippen LogP contribution < -0.4 is 19.5 Å². The Kier molecular flexibility index (Phi) is 5.84. The summed E-state index contributed by atoms with van der Waals surface area (Å²) in [7, 11) is 4.65. The molecular weight excluding hydrogens is 323 g/mol. The van der Waals surface area contributed by atoms with Crippen LogP contribution in [0.3, 0.4) is 0 Å². The number of methoxy groups -OCH3 is 3. The molecule has 2 aromatic rings. The van der Waals surface area contributed by atoms with Crippen molar-refractivity contribution in [2.75, 3.05) is 21.3 Å². The zero-order chi connectivity index (χ0) is 17.9. The normalized spacial score (nSPS) is 10.9. The molecule has 0 aliphatic rings. The molecule has 0 saturated heterocycles. The van der Waals surface area contributed by atoms with E-state index in [4.69, 9.17) is 14.2 Å². The number of rotatable bonds is 6. The summed E-state index contributed by atoms with van der Waals surface area (Å²) in [6.45, 7) is 6.14. The fourth-order valence-electron chi connectivity index (χ4n) is 2.78. The average Bonchev–Trinajstić information content (AvgIpc) is 2.56. The lowest BCUT2D eigenvalue weighted by Gasteiger charge is -2.16. The minimum absolute atomic E-state index is 0.00629. The minimum Gasteiger partial charge on any atom is -0.496 e. The van der Waals surface area contributed by atoms with Crippen molar-refractivity contribution in [3.63, 3.8) is 0 Å². The zero-order valence-corrected chi connectivity index (χ0v) is 15.9. The third-order valence-corrected chi connectivity index (χ3v) is 5.37. The Morgan fingerprint density at radius 1 is 0.833 bits per heavy atom. The SMILES string of the molecule is COc1cc(OC)c(C(=O)Pc2c(C)cc(C)cc2C)c(OC)c1. The van der Waals surface area contributed by atoms with Gasteiger partial charge in [-0.2, -0.15) is 0 Å². The largest absolute Gasteiger partial charge is 0.496 e. The first-order valence-electron chi connectivity index (χ1n) is 7.60. The molecule has 0 bridgehead atoms. The van der Waals surface area contributed by atoms with E-state index in [2.05, 4.69) is 19.1 Å². The first-order valence-corrected chi connectivity index (χ1v) is 8.60. The van der Waals surface area contributed by atoms with Gasteiger partial charge in [0.2, 0.25) is 0 Å². The van der Waals surface area contributed by atoms with Crippen molar-refractivity contribution in [3.8, 4) is 17.2 Å². The summed E-state index contributed by atoms with van der Waals surface area (Å²) in [5, 5.41) is 1.07. The van der Waals surface area contributed by atoms with Crippen molar-refractivity contribution in [1.82, 2.24) is 0 Å². The van der Waals surface area contributed by atoms with Gasteiger partial charge in [0.25, 0.3) is 0 Å². The maximum Gasteiger partial charge on any atom is 0.193 e. The van der Waals surface area contributed by atoms with Crippen LogP contribution in [0.2, 0.25) is 0 Å². The quantitative estimate of drug-likeness (QED) is 0.747. The first-order chi connectivity index (χ1) is 11.4. The van der Waals surface area contributed by atoms with Gasteiger partial charge in [-0.1, -0.05) is 17.7 Å². The van der Waals surface area contributed by atoms with Crippen LogP contribution in [0.25, 0.3) is 0 Å². The maximum atomic E-state index is 13.0. The summed E-state index contributed by atoms with van der Waals surface area (Å²) in [6.07, 6.45) is 0. The molecule has 0 aliphatic heterocycles. The van der Waals surface area contributed by atoms with Crippen molar-refractivity contribution < 1.29 is 19.0 Å². The number of aryl methyl sites for hydroxylation is 3. The van der Waals surface area contributed by atoms with Gasteiger partial charge in [0.1, 0.15) is 22.8 Å². The molecule has 2 aromatic carbocycles. The van der Waals surface area contributed by atoms with E-state index in [-0.39, 0.29) is 14.1 Å². The van der Waals surface area contributed by atoms with Crippen LogP contribution in [-0.4, -0.2) is 26.9 Å². The number of benzene rings is 2. The van der Waals surface area contributed by atoms with E-state index in [1.54, 1.807) is 19.2 Å². The van der Waals surface area contributed by atoms with Crippen molar-refractivity contribution in [3.05, 3.63) is 46.5 Å². The molecule has 0 fully saturated rings. The number of hydrogen-bond acceptors (Lipinski definition) is 4. The third-order valence-electron chi connectivity index (χ3n) is 3.86. The molecule has 1 atom stereocenters. The molecule has 24 heavy (non-hydrogen) atoms. The summed E-state index contributed by atoms with van der Waals surface area (Å²) in [5.41, 5.74) is 3.90. The van der Waals surface area contributed by atoms with Gasteiger partial charge in [0.15, 0.2) is 5.52 Å². The van der Waals surface area contributed by atoms with Gasteiger partial charge < -0.3 is 14.2 Å². The van der Waals surface area contributed by atoms with Gasteiger partial charge in [-0.3, -0.25) is 4.79 Å². The molecule has 0 aliphatic carbocycles. The number of ether oxygens (including phenoxy) is 3. The molecule has 2 rings (SSSR count). The smallest absolute Gasteiger partial charge is 0.193 e. The van der Waals surface area contributed by atoms with Gasteiger partial charge in [0.05, 0.1) is 21.3 Å². The lowest BCUT2D eigenvalue weighted by Crippen LogP contribution is -2.11. The van der Waals surface area contributed by atoms with Crippen molar-refractivity contribution >= 4 is 19.4 Å². The summed E-state index contributed by atoms with van der Waals surface area (Å²) >= 11 is 0. The van der Waals surface area contributed by atoms with Crippen LogP contribution in [0.5, 0.6) is 17.2 Å². The third kappa shape index (κ3) is 3.70. The number of hydrogen-bond donors (Lipinski definition) is 0. The first kappa shape index (κ1) is 18.3. The number of carbonyl (C=O) groups excluding carboxylic acids is 1. The van der Waals surface area contributed by atoms with E-state index < -0.39 is 0 Å². The maximum absolute atomic E-state index is 13.0. The molecule has 0 amide bonds. The van der Waals surface area contributed by atoms with Gasteiger partial charge >= 0.3 is 0 Å². The van der Waals surface area contributed by atoms with Crippen LogP contribution in [0.1, 0.15) is 27.0 Å². The molecule has 0 aromatic heterocycles. The molecule has 0 spiro atoms. The summed E-state index contributed by atoms with van der Waals surface area (Å²) < 4.78 is 16.0. The van der Waals surface area contributed by atoms with Crippen molar-refractivity contribution in [2.45, 2.75) is 20.8 Å². The monoisotopic (exact) mass is 346 g/mol. The lowest BCUT2D eigenvalue weighted by atomic mass is 10.1. The highest BCUT2D eigenvalue weighted by Crippen LogP contribution is 2.38. The second-order valence-corrected chi connectivity index (χ2v) is 6.84. The summed E-state index contributed by atoms with van der Waals surface area (Å²) in [5.74, 6) is 1.52. The standard InChI is InChI=1S/C19H23O4P/c1-11-7-12(2)18(13(3)8-11)24-19(20)17-15(22-5)9-14(21-4)10-16(17)23-6/h7-10,24H,1-6H3. The highest BCUT2D eigenvalue weighted by Gasteiger charge is 2.21. The molecule has 0 heterocycles. The van der Waals surface area contributed by atoms with Crippen LogP contribution >= 0.6 is 8.58 Å². The zero-order valence-electron chi connectivity index (χ0n) is 14.9. The number of carbonyl (C=O) groups is 1. The lowest BCUT2D eigenvalue weighted by molar-refractivity contribution is 0.108. The van der Waals surface area contributed by atoms with Gasteiger partial charge in [-0.25, -0.2) is 0 Å². The van der Waals surface area contributed by atoms with Gasteiger partial charge in [-0.05, 0) is 45.8 Å². The second-order valence-electron chi connectivity index (χ2n) is 5.63. The fourth-order valence-corrected chi connectivity index (χ4v) is 3.92. The van der Waals surface area contributed by atoms with E-state index in [0.29, 0.717) is 22.8 Å². The molecular formula is C19H23O4P. The van der Waals surface area contributed by atoms with E-state index in [0.717, 1.165) is 16.4 Å². The Morgan fingerprint density at radius 3 is 1.75 bits per heavy atom. The van der Waals surface area contributed by atoms with Crippen LogP contribution in [0, 0.1) is 20.8 Å². The Hall–Kier alpha value is -2.06.